The molecule has 1 fully saturated rings. The Balaban J connectivity index is 1.52. The van der Waals surface area contributed by atoms with Gasteiger partial charge in [-0.2, -0.15) is 4.52 Å². The lowest BCUT2D eigenvalue weighted by atomic mass is 10.1. The van der Waals surface area contributed by atoms with Gasteiger partial charge in [0.15, 0.2) is 0 Å². The topological polar surface area (TPSA) is 53.7 Å². The van der Waals surface area contributed by atoms with E-state index in [0.717, 1.165) is 56.3 Å². The Morgan fingerprint density at radius 1 is 1.18 bits per heavy atom. The van der Waals surface area contributed by atoms with E-state index in [-0.39, 0.29) is 5.56 Å². The highest BCUT2D eigenvalue weighted by Crippen LogP contribution is 2.24. The molecule has 0 radical (unpaired) electrons. The van der Waals surface area contributed by atoms with Gasteiger partial charge in [-0.1, -0.05) is 55.0 Å². The van der Waals surface area contributed by atoms with Gasteiger partial charge in [-0.15, -0.1) is 5.10 Å². The molecule has 1 aliphatic heterocycles. The average Bonchev–Trinajstić information content (AvgIpc) is 3.04. The van der Waals surface area contributed by atoms with E-state index in [1.165, 1.54) is 21.4 Å². The molecule has 0 saturated carbocycles. The maximum absolute atomic E-state index is 12.4. The first-order valence-electron chi connectivity index (χ1n) is 10.1. The molecule has 0 bridgehead atoms. The van der Waals surface area contributed by atoms with Gasteiger partial charge in [0.25, 0.3) is 5.56 Å². The zero-order valence-electron chi connectivity index (χ0n) is 16.5. The number of hydrogen-bond acceptors (Lipinski definition) is 6. The number of anilines is 1. The monoisotopic (exact) mass is 397 g/mol. The van der Waals surface area contributed by atoms with Gasteiger partial charge in [-0.3, -0.25) is 9.69 Å². The van der Waals surface area contributed by atoms with Gasteiger partial charge in [0.05, 0.1) is 0 Å². The molecular formula is C21H27N5OS. The number of benzene rings is 1. The van der Waals surface area contributed by atoms with E-state index < -0.39 is 0 Å². The van der Waals surface area contributed by atoms with Crippen molar-refractivity contribution in [1.82, 2.24) is 19.5 Å². The molecule has 1 saturated heterocycles. The minimum Gasteiger partial charge on any atom is -0.345 e. The molecule has 0 amide bonds. The van der Waals surface area contributed by atoms with Gasteiger partial charge in [0.1, 0.15) is 0 Å². The average molecular weight is 398 g/mol. The third-order valence-electron chi connectivity index (χ3n) is 5.39. The number of rotatable bonds is 5. The minimum absolute atomic E-state index is 0.0788. The van der Waals surface area contributed by atoms with Crippen LogP contribution in [-0.4, -0.2) is 45.2 Å². The molecule has 0 N–H and O–H groups in total. The second-order valence-electron chi connectivity index (χ2n) is 7.50. The van der Waals surface area contributed by atoms with Gasteiger partial charge in [-0.05, 0) is 25.3 Å². The van der Waals surface area contributed by atoms with Gasteiger partial charge in [0.2, 0.25) is 10.1 Å². The van der Waals surface area contributed by atoms with Crippen LogP contribution in [0.15, 0.2) is 41.2 Å². The summed E-state index contributed by atoms with van der Waals surface area (Å²) in [6.45, 7) is 8.21. The Morgan fingerprint density at radius 2 is 2.00 bits per heavy atom. The minimum atomic E-state index is -0.0788. The predicted molar refractivity (Wildman–Crippen MR) is 114 cm³/mol. The largest absolute Gasteiger partial charge is 0.345 e. The van der Waals surface area contributed by atoms with E-state index >= 15 is 0 Å². The second kappa shape index (κ2) is 8.41. The number of aromatic nitrogens is 3. The standard InChI is InChI=1S/C21H27N5OS/c1-3-7-18-14-19(27)26-20(22-18)28-21(23-26)24-11-10-16(2)25(13-12-24)15-17-8-5-4-6-9-17/h4-6,8-9,14,16H,3,7,10-13,15H2,1-2H3. The zero-order valence-corrected chi connectivity index (χ0v) is 17.4. The van der Waals surface area contributed by atoms with Crippen LogP contribution in [0.1, 0.15) is 37.9 Å². The summed E-state index contributed by atoms with van der Waals surface area (Å²) in [4.78, 5) is 22.6. The first-order valence-corrected chi connectivity index (χ1v) is 10.9. The van der Waals surface area contributed by atoms with Crippen LogP contribution in [0.3, 0.4) is 0 Å². The van der Waals surface area contributed by atoms with Crippen LogP contribution in [-0.2, 0) is 13.0 Å². The predicted octanol–water partition coefficient (Wildman–Crippen LogP) is 3.20. The fourth-order valence-electron chi connectivity index (χ4n) is 3.71. The number of fused-ring (bicyclic) bond motifs is 1. The van der Waals surface area contributed by atoms with Crippen molar-refractivity contribution in [3.8, 4) is 0 Å². The smallest absolute Gasteiger partial charge is 0.275 e. The third-order valence-corrected chi connectivity index (χ3v) is 6.36. The van der Waals surface area contributed by atoms with Crippen molar-refractivity contribution in [2.75, 3.05) is 24.5 Å². The Kier molecular flexibility index (Phi) is 5.73. The van der Waals surface area contributed by atoms with Crippen LogP contribution in [0.5, 0.6) is 0 Å². The molecule has 2 aromatic heterocycles. The normalized spacial score (nSPS) is 18.5. The van der Waals surface area contributed by atoms with E-state index in [1.54, 1.807) is 6.07 Å². The first-order chi connectivity index (χ1) is 13.6. The number of nitrogens with zero attached hydrogens (tertiary/aromatic N) is 5. The summed E-state index contributed by atoms with van der Waals surface area (Å²) in [6, 6.07) is 12.8. The van der Waals surface area contributed by atoms with Gasteiger partial charge >= 0.3 is 0 Å². The molecule has 1 aliphatic rings. The van der Waals surface area contributed by atoms with Gasteiger partial charge in [0, 0.05) is 44.0 Å². The Hall–Kier alpha value is -2.25. The molecule has 4 rings (SSSR count). The summed E-state index contributed by atoms with van der Waals surface area (Å²) in [5.74, 6) is 0. The lowest BCUT2D eigenvalue weighted by molar-refractivity contribution is 0.212. The van der Waals surface area contributed by atoms with E-state index in [4.69, 9.17) is 0 Å². The Morgan fingerprint density at radius 3 is 2.79 bits per heavy atom. The summed E-state index contributed by atoms with van der Waals surface area (Å²) in [5.41, 5.74) is 2.13. The second-order valence-corrected chi connectivity index (χ2v) is 8.43. The van der Waals surface area contributed by atoms with Crippen LogP contribution in [0.25, 0.3) is 4.96 Å². The van der Waals surface area contributed by atoms with E-state index in [1.807, 2.05) is 0 Å². The molecule has 0 spiro atoms. The van der Waals surface area contributed by atoms with Crippen molar-refractivity contribution >= 4 is 21.4 Å². The van der Waals surface area contributed by atoms with Crippen LogP contribution < -0.4 is 10.5 Å². The van der Waals surface area contributed by atoms with Gasteiger partial charge < -0.3 is 4.90 Å². The van der Waals surface area contributed by atoms with Crippen LogP contribution in [0.4, 0.5) is 5.13 Å². The molecule has 6 nitrogen and oxygen atoms in total. The van der Waals surface area contributed by atoms with Crippen molar-refractivity contribution in [2.45, 2.75) is 45.7 Å². The molecule has 1 atom stereocenters. The molecule has 3 heterocycles. The fourth-order valence-corrected chi connectivity index (χ4v) is 4.69. The summed E-state index contributed by atoms with van der Waals surface area (Å²) < 4.78 is 1.45. The zero-order chi connectivity index (χ0) is 19.5. The maximum Gasteiger partial charge on any atom is 0.275 e. The molecule has 0 aliphatic carbocycles. The summed E-state index contributed by atoms with van der Waals surface area (Å²) >= 11 is 1.52. The van der Waals surface area contributed by atoms with Crippen molar-refractivity contribution in [3.05, 3.63) is 58.0 Å². The highest BCUT2D eigenvalue weighted by atomic mass is 32.1. The third kappa shape index (κ3) is 4.10. The molecule has 1 aromatic carbocycles. The molecule has 7 heteroatoms. The molecule has 148 valence electrons. The lowest BCUT2D eigenvalue weighted by Crippen LogP contribution is -2.34. The number of hydrogen-bond donors (Lipinski definition) is 0. The van der Waals surface area contributed by atoms with Crippen molar-refractivity contribution in [3.63, 3.8) is 0 Å². The number of aryl methyl sites for hydroxylation is 1. The summed E-state index contributed by atoms with van der Waals surface area (Å²) in [5, 5.41) is 5.48. The van der Waals surface area contributed by atoms with E-state index in [9.17, 15) is 4.79 Å². The van der Waals surface area contributed by atoms with Crippen LogP contribution in [0, 0.1) is 0 Å². The molecule has 3 aromatic rings. The van der Waals surface area contributed by atoms with Gasteiger partial charge in [-0.25, -0.2) is 4.98 Å². The van der Waals surface area contributed by atoms with Crippen molar-refractivity contribution < 1.29 is 0 Å². The van der Waals surface area contributed by atoms with Crippen molar-refractivity contribution in [2.24, 2.45) is 0 Å². The highest BCUT2D eigenvalue weighted by molar-refractivity contribution is 7.20. The SMILES string of the molecule is CCCc1cc(=O)n2nc(N3CCC(C)N(Cc4ccccc4)CC3)sc2n1. The van der Waals surface area contributed by atoms with E-state index in [0.29, 0.717) is 11.0 Å². The Labute approximate surface area is 169 Å². The van der Waals surface area contributed by atoms with Crippen LogP contribution in [0.2, 0.25) is 0 Å². The first kappa shape index (κ1) is 19.1. The quantitative estimate of drug-likeness (QED) is 0.662. The molecular weight excluding hydrogens is 370 g/mol. The summed E-state index contributed by atoms with van der Waals surface area (Å²) in [7, 11) is 0. The highest BCUT2D eigenvalue weighted by Gasteiger charge is 2.23. The van der Waals surface area contributed by atoms with E-state index in [2.05, 4.69) is 64.1 Å². The molecule has 1 unspecified atom stereocenters. The maximum atomic E-state index is 12.4. The fraction of sp³-hybridized carbons (Fsp3) is 0.476. The Bertz CT molecular complexity index is 983. The molecule has 28 heavy (non-hydrogen) atoms. The van der Waals surface area contributed by atoms with Crippen molar-refractivity contribution in [1.29, 1.82) is 0 Å². The van der Waals surface area contributed by atoms with Crippen LogP contribution >= 0.6 is 11.3 Å². The summed E-state index contributed by atoms with van der Waals surface area (Å²) in [6.07, 6.45) is 2.89. The lowest BCUT2D eigenvalue weighted by Gasteiger charge is -2.26.